The fraction of sp³-hybridized carbons (Fsp3) is 0.0952. The van der Waals surface area contributed by atoms with Gasteiger partial charge in [-0.05, 0) is 53.2 Å². The van der Waals surface area contributed by atoms with Gasteiger partial charge in [-0.1, -0.05) is 36.4 Å². The minimum Gasteiger partial charge on any atom is -0.481 e. The van der Waals surface area contributed by atoms with E-state index in [-0.39, 0.29) is 11.8 Å². The average molecular weight is 377 g/mol. The zero-order valence-electron chi connectivity index (χ0n) is 14.9. The molecule has 0 unspecified atom stereocenters. The minimum atomic E-state index is -0.829. The first kappa shape index (κ1) is 17.7. The van der Waals surface area contributed by atoms with Gasteiger partial charge in [-0.15, -0.1) is 0 Å². The summed E-state index contributed by atoms with van der Waals surface area (Å²) in [6.45, 7) is 1.57. The van der Waals surface area contributed by atoms with Crippen LogP contribution in [0.2, 0.25) is 0 Å². The summed E-state index contributed by atoms with van der Waals surface area (Å²) in [6, 6.07) is 19.0. The molecule has 1 amide bonds. The molecule has 0 radical (unpaired) electrons. The van der Waals surface area contributed by atoms with Crippen LogP contribution in [0.25, 0.3) is 22.2 Å². The highest BCUT2D eigenvalue weighted by Gasteiger charge is 2.19. The number of hydrogen-bond donors (Lipinski definition) is 1. The Morgan fingerprint density at radius 3 is 2.64 bits per heavy atom. The maximum absolute atomic E-state index is 12.9. The summed E-state index contributed by atoms with van der Waals surface area (Å²) in [5, 5.41) is 8.39. The lowest BCUT2D eigenvalue weighted by Crippen LogP contribution is -2.30. The van der Waals surface area contributed by atoms with E-state index in [2.05, 4.69) is 15.5 Å². The van der Waals surface area contributed by atoms with Gasteiger partial charge in [0.15, 0.2) is 6.10 Å². The molecule has 1 aromatic heterocycles. The van der Waals surface area contributed by atoms with Gasteiger partial charge in [0.1, 0.15) is 11.6 Å². The summed E-state index contributed by atoms with van der Waals surface area (Å²) >= 11 is 0. The number of anilines is 1. The van der Waals surface area contributed by atoms with Crippen LogP contribution in [0, 0.1) is 5.82 Å². The molecule has 4 aromatic rings. The number of ether oxygens (including phenoxy) is 1. The Bertz CT molecular complexity index is 1120. The summed E-state index contributed by atoms with van der Waals surface area (Å²) in [5.41, 5.74) is 0.779. The van der Waals surface area contributed by atoms with Crippen LogP contribution >= 0.6 is 0 Å². The summed E-state index contributed by atoms with van der Waals surface area (Å²) in [7, 11) is 0. The van der Waals surface area contributed by atoms with Crippen LogP contribution in [-0.4, -0.2) is 22.2 Å². The van der Waals surface area contributed by atoms with Crippen LogP contribution in [0.5, 0.6) is 5.75 Å². The van der Waals surface area contributed by atoms with Gasteiger partial charge in [0.25, 0.3) is 17.7 Å². The van der Waals surface area contributed by atoms with Crippen molar-refractivity contribution >= 4 is 22.6 Å². The Kier molecular flexibility index (Phi) is 4.72. The van der Waals surface area contributed by atoms with E-state index in [0.29, 0.717) is 11.6 Å². The first-order valence-corrected chi connectivity index (χ1v) is 8.65. The molecule has 1 N–H and O–H groups in total. The van der Waals surface area contributed by atoms with Crippen molar-refractivity contribution in [1.29, 1.82) is 0 Å². The van der Waals surface area contributed by atoms with Crippen molar-refractivity contribution in [1.82, 2.24) is 10.1 Å². The molecule has 1 atom stereocenters. The van der Waals surface area contributed by atoms with Crippen LogP contribution in [0.3, 0.4) is 0 Å². The second-order valence-corrected chi connectivity index (χ2v) is 6.15. The Balaban J connectivity index is 1.48. The normalized spacial score (nSPS) is 11.9. The van der Waals surface area contributed by atoms with Gasteiger partial charge in [-0.3, -0.25) is 10.1 Å². The third kappa shape index (κ3) is 3.68. The molecule has 140 valence electrons. The van der Waals surface area contributed by atoms with Gasteiger partial charge < -0.3 is 9.26 Å². The molecule has 0 saturated carbocycles. The molecule has 0 aliphatic rings. The second-order valence-electron chi connectivity index (χ2n) is 6.15. The van der Waals surface area contributed by atoms with E-state index < -0.39 is 12.0 Å². The Morgan fingerprint density at radius 1 is 1.07 bits per heavy atom. The Hall–Kier alpha value is -3.74. The lowest BCUT2D eigenvalue weighted by molar-refractivity contribution is -0.122. The number of carbonyl (C=O) groups is 1. The maximum atomic E-state index is 12.9. The molecule has 6 nitrogen and oxygen atoms in total. The number of carbonyl (C=O) groups excluding carboxylic acids is 1. The van der Waals surface area contributed by atoms with E-state index in [4.69, 9.17) is 9.26 Å². The molecule has 0 bridgehead atoms. The number of benzene rings is 3. The zero-order chi connectivity index (χ0) is 19.5. The molecule has 4 rings (SSSR count). The fourth-order valence-electron chi connectivity index (χ4n) is 2.78. The van der Waals surface area contributed by atoms with Gasteiger partial charge in [-0.2, -0.15) is 4.98 Å². The molecule has 3 aromatic carbocycles. The highest BCUT2D eigenvalue weighted by Crippen LogP contribution is 2.27. The first-order valence-electron chi connectivity index (χ1n) is 8.65. The van der Waals surface area contributed by atoms with Gasteiger partial charge in [-0.25, -0.2) is 4.39 Å². The molecular formula is C21H16FN3O3. The van der Waals surface area contributed by atoms with E-state index in [9.17, 15) is 9.18 Å². The minimum absolute atomic E-state index is 0.0440. The van der Waals surface area contributed by atoms with Gasteiger partial charge in [0.05, 0.1) is 0 Å². The molecule has 7 heteroatoms. The number of aromatic nitrogens is 2. The predicted molar refractivity (Wildman–Crippen MR) is 102 cm³/mol. The lowest BCUT2D eigenvalue weighted by Gasteiger charge is -2.13. The van der Waals surface area contributed by atoms with Crippen molar-refractivity contribution < 1.29 is 18.4 Å². The summed E-state index contributed by atoms with van der Waals surface area (Å²) < 4.78 is 23.7. The highest BCUT2D eigenvalue weighted by molar-refractivity contribution is 5.95. The quantitative estimate of drug-likeness (QED) is 0.557. The number of rotatable bonds is 5. The number of halogens is 1. The number of amides is 1. The lowest BCUT2D eigenvalue weighted by atomic mass is 10.0. The van der Waals surface area contributed by atoms with E-state index in [1.54, 1.807) is 6.92 Å². The predicted octanol–water partition coefficient (Wildman–Crippen LogP) is 4.43. The molecule has 28 heavy (non-hydrogen) atoms. The molecule has 0 saturated heterocycles. The standard InChI is InChI=1S/C21H16FN3O3/c1-13(27-16-11-9-15(22)10-12-16)19(26)23-21-24-20(28-25-21)18-8-4-6-14-5-2-3-7-17(14)18/h2-13H,1H3,(H,23,25,26)/t13-/m0/s1. The Morgan fingerprint density at radius 2 is 1.82 bits per heavy atom. The van der Waals surface area contributed by atoms with E-state index in [1.165, 1.54) is 24.3 Å². The van der Waals surface area contributed by atoms with E-state index in [1.807, 2.05) is 42.5 Å². The first-order chi connectivity index (χ1) is 13.6. The van der Waals surface area contributed by atoms with Crippen molar-refractivity contribution in [2.45, 2.75) is 13.0 Å². The number of nitrogens with zero attached hydrogens (tertiary/aromatic N) is 2. The molecule has 0 spiro atoms. The average Bonchev–Trinajstić information content (AvgIpc) is 3.17. The topological polar surface area (TPSA) is 77.2 Å². The van der Waals surface area contributed by atoms with Crippen LogP contribution in [0.4, 0.5) is 10.3 Å². The zero-order valence-corrected chi connectivity index (χ0v) is 14.9. The fourth-order valence-corrected chi connectivity index (χ4v) is 2.78. The van der Waals surface area contributed by atoms with E-state index in [0.717, 1.165) is 16.3 Å². The SMILES string of the molecule is C[C@H](Oc1ccc(F)cc1)C(=O)Nc1noc(-c2cccc3ccccc23)n1. The maximum Gasteiger partial charge on any atom is 0.270 e. The second kappa shape index (κ2) is 7.48. The smallest absolute Gasteiger partial charge is 0.270 e. The number of hydrogen-bond acceptors (Lipinski definition) is 5. The monoisotopic (exact) mass is 377 g/mol. The summed E-state index contributed by atoms with van der Waals surface area (Å²) in [5.74, 6) is -0.0953. The van der Waals surface area contributed by atoms with Crippen LogP contribution in [0.15, 0.2) is 71.3 Å². The van der Waals surface area contributed by atoms with Crippen LogP contribution < -0.4 is 10.1 Å². The van der Waals surface area contributed by atoms with Crippen molar-refractivity contribution in [3.8, 4) is 17.2 Å². The highest BCUT2D eigenvalue weighted by atomic mass is 19.1. The molecular weight excluding hydrogens is 361 g/mol. The summed E-state index contributed by atoms with van der Waals surface area (Å²) in [4.78, 5) is 16.6. The van der Waals surface area contributed by atoms with Gasteiger partial charge in [0.2, 0.25) is 0 Å². The third-order valence-electron chi connectivity index (χ3n) is 4.18. The third-order valence-corrected chi connectivity index (χ3v) is 4.18. The van der Waals surface area contributed by atoms with Crippen LogP contribution in [0.1, 0.15) is 6.92 Å². The van der Waals surface area contributed by atoms with Crippen molar-refractivity contribution in [2.24, 2.45) is 0 Å². The van der Waals surface area contributed by atoms with E-state index >= 15 is 0 Å². The molecule has 0 aliphatic heterocycles. The number of fused-ring (bicyclic) bond motifs is 1. The van der Waals surface area contributed by atoms with Crippen molar-refractivity contribution in [2.75, 3.05) is 5.32 Å². The summed E-state index contributed by atoms with van der Waals surface area (Å²) in [6.07, 6.45) is -0.829. The molecule has 1 heterocycles. The Labute approximate surface area is 159 Å². The van der Waals surface area contributed by atoms with Crippen LogP contribution in [-0.2, 0) is 4.79 Å². The number of nitrogens with one attached hydrogen (secondary N) is 1. The van der Waals surface area contributed by atoms with Crippen molar-refractivity contribution in [3.63, 3.8) is 0 Å². The largest absolute Gasteiger partial charge is 0.481 e. The molecule has 0 aliphatic carbocycles. The van der Waals surface area contributed by atoms with Crippen molar-refractivity contribution in [3.05, 3.63) is 72.5 Å². The van der Waals surface area contributed by atoms with Gasteiger partial charge >= 0.3 is 0 Å². The molecule has 0 fully saturated rings. The van der Waals surface area contributed by atoms with Gasteiger partial charge in [0, 0.05) is 5.56 Å².